The molecule has 2 heterocycles. The van der Waals surface area contributed by atoms with Gasteiger partial charge in [-0.25, -0.2) is 9.07 Å². The Labute approximate surface area is 178 Å². The van der Waals surface area contributed by atoms with Crippen LogP contribution in [0.4, 0.5) is 10.1 Å². The highest BCUT2D eigenvalue weighted by Gasteiger charge is 2.37. The topological polar surface area (TPSA) is 71.8 Å². The van der Waals surface area contributed by atoms with E-state index < -0.39 is 11.3 Å². The van der Waals surface area contributed by atoms with E-state index in [1.807, 2.05) is 6.92 Å². The summed E-state index contributed by atoms with van der Waals surface area (Å²) in [6.45, 7) is 1.81. The predicted octanol–water partition coefficient (Wildman–Crippen LogP) is 4.54. The minimum absolute atomic E-state index is 0.247. The molecular weight excluding hydrogens is 469 g/mol. The van der Waals surface area contributed by atoms with Crippen molar-refractivity contribution in [3.63, 3.8) is 0 Å². The SMILES string of the molecule is Cc1nnc2n1N[C@@H](c1ccc(F)cc1)[C@@H](C(=O)Nc1ccc(Br)cc1Cl)S2. The van der Waals surface area contributed by atoms with Crippen LogP contribution < -0.4 is 10.7 Å². The number of hydrogen-bond donors (Lipinski definition) is 2. The van der Waals surface area contributed by atoms with E-state index in [0.29, 0.717) is 21.7 Å². The molecule has 0 saturated heterocycles. The maximum atomic E-state index is 13.4. The molecule has 10 heteroatoms. The molecule has 1 aromatic heterocycles. The van der Waals surface area contributed by atoms with Crippen molar-refractivity contribution in [3.8, 4) is 0 Å². The molecule has 3 aromatic rings. The Balaban J connectivity index is 1.67. The molecule has 1 aliphatic rings. The quantitative estimate of drug-likeness (QED) is 0.573. The molecule has 2 atom stereocenters. The monoisotopic (exact) mass is 481 g/mol. The fourth-order valence-corrected chi connectivity index (χ4v) is 4.72. The van der Waals surface area contributed by atoms with Crippen molar-refractivity contribution in [2.75, 3.05) is 10.7 Å². The van der Waals surface area contributed by atoms with Crippen LogP contribution in [0.3, 0.4) is 0 Å². The molecule has 0 saturated carbocycles. The first-order valence-corrected chi connectivity index (χ1v) is 10.3. The van der Waals surface area contributed by atoms with Crippen LogP contribution in [0.15, 0.2) is 52.1 Å². The zero-order valence-corrected chi connectivity index (χ0v) is 17.6. The van der Waals surface area contributed by atoms with E-state index in [0.717, 1.165) is 10.0 Å². The van der Waals surface area contributed by atoms with Crippen LogP contribution in [0.25, 0.3) is 0 Å². The average molecular weight is 483 g/mol. The molecule has 0 bridgehead atoms. The summed E-state index contributed by atoms with van der Waals surface area (Å²) in [5.41, 5.74) is 4.55. The summed E-state index contributed by atoms with van der Waals surface area (Å²) in [6, 6.07) is 10.9. The number of hydrogen-bond acceptors (Lipinski definition) is 5. The Hall–Kier alpha value is -2.10. The predicted molar refractivity (Wildman–Crippen MR) is 111 cm³/mol. The fraction of sp³-hybridized carbons (Fsp3) is 0.167. The normalized spacial score (nSPS) is 18.3. The first kappa shape index (κ1) is 19.2. The zero-order valence-electron chi connectivity index (χ0n) is 14.5. The highest BCUT2D eigenvalue weighted by atomic mass is 79.9. The molecule has 4 rings (SSSR count). The molecule has 2 N–H and O–H groups in total. The van der Waals surface area contributed by atoms with Gasteiger partial charge in [0.05, 0.1) is 16.8 Å². The number of carbonyl (C=O) groups is 1. The first-order chi connectivity index (χ1) is 13.4. The van der Waals surface area contributed by atoms with Gasteiger partial charge in [0.25, 0.3) is 0 Å². The minimum Gasteiger partial charge on any atom is -0.324 e. The maximum Gasteiger partial charge on any atom is 0.240 e. The van der Waals surface area contributed by atoms with Gasteiger partial charge in [0, 0.05) is 4.47 Å². The number of aryl methyl sites for hydroxylation is 1. The van der Waals surface area contributed by atoms with Crippen LogP contribution in [-0.2, 0) is 4.79 Å². The smallest absolute Gasteiger partial charge is 0.240 e. The highest BCUT2D eigenvalue weighted by Crippen LogP contribution is 2.38. The van der Waals surface area contributed by atoms with E-state index in [1.54, 1.807) is 35.0 Å². The summed E-state index contributed by atoms with van der Waals surface area (Å²) in [5.74, 6) is 0.0865. The fourth-order valence-electron chi connectivity index (χ4n) is 2.88. The summed E-state index contributed by atoms with van der Waals surface area (Å²) in [5, 5.41) is 11.5. The van der Waals surface area contributed by atoms with Crippen molar-refractivity contribution >= 4 is 50.9 Å². The summed E-state index contributed by atoms with van der Waals surface area (Å²) >= 11 is 10.9. The number of nitrogens with one attached hydrogen (secondary N) is 2. The van der Waals surface area contributed by atoms with Crippen molar-refractivity contribution in [2.24, 2.45) is 0 Å². The molecule has 1 amide bonds. The molecule has 6 nitrogen and oxygen atoms in total. The third-order valence-corrected chi connectivity index (χ3v) is 6.30. The van der Waals surface area contributed by atoms with Crippen molar-refractivity contribution in [1.82, 2.24) is 14.9 Å². The molecule has 0 spiro atoms. The van der Waals surface area contributed by atoms with E-state index in [1.165, 1.54) is 23.9 Å². The molecular formula is C18H14BrClFN5OS. The molecule has 0 radical (unpaired) electrons. The number of thioether (sulfide) groups is 1. The number of rotatable bonds is 3. The van der Waals surface area contributed by atoms with E-state index in [4.69, 9.17) is 11.6 Å². The molecule has 1 aliphatic heterocycles. The first-order valence-electron chi connectivity index (χ1n) is 8.29. The lowest BCUT2D eigenvalue weighted by Gasteiger charge is -2.32. The Kier molecular flexibility index (Phi) is 5.31. The van der Waals surface area contributed by atoms with E-state index >= 15 is 0 Å². The number of aromatic nitrogens is 3. The van der Waals surface area contributed by atoms with Crippen molar-refractivity contribution in [1.29, 1.82) is 0 Å². The van der Waals surface area contributed by atoms with Crippen LogP contribution in [0.1, 0.15) is 17.4 Å². The lowest BCUT2D eigenvalue weighted by Crippen LogP contribution is -2.41. The van der Waals surface area contributed by atoms with Gasteiger partial charge in [-0.05, 0) is 42.8 Å². The van der Waals surface area contributed by atoms with Crippen molar-refractivity contribution in [3.05, 3.63) is 69.2 Å². The van der Waals surface area contributed by atoms with Gasteiger partial charge in [-0.15, -0.1) is 10.2 Å². The van der Waals surface area contributed by atoms with Gasteiger partial charge in [-0.1, -0.05) is 51.4 Å². The number of amides is 1. The molecule has 0 unspecified atom stereocenters. The van der Waals surface area contributed by atoms with Gasteiger partial charge in [0.1, 0.15) is 16.9 Å². The Morgan fingerprint density at radius 1 is 1.29 bits per heavy atom. The second-order valence-corrected chi connectivity index (χ2v) is 8.61. The summed E-state index contributed by atoms with van der Waals surface area (Å²) in [7, 11) is 0. The minimum atomic E-state index is -0.568. The summed E-state index contributed by atoms with van der Waals surface area (Å²) < 4.78 is 15.9. The molecule has 0 aliphatic carbocycles. The van der Waals surface area contributed by atoms with Crippen LogP contribution in [-0.4, -0.2) is 26.0 Å². The number of benzene rings is 2. The Morgan fingerprint density at radius 2 is 2.04 bits per heavy atom. The van der Waals surface area contributed by atoms with E-state index in [9.17, 15) is 9.18 Å². The summed E-state index contributed by atoms with van der Waals surface area (Å²) in [6.07, 6.45) is 0. The van der Waals surface area contributed by atoms with Crippen molar-refractivity contribution < 1.29 is 9.18 Å². The van der Waals surface area contributed by atoms with Gasteiger partial charge >= 0.3 is 0 Å². The third kappa shape index (κ3) is 3.74. The maximum absolute atomic E-state index is 13.4. The molecule has 0 fully saturated rings. The lowest BCUT2D eigenvalue weighted by molar-refractivity contribution is -0.116. The zero-order chi connectivity index (χ0) is 19.8. The second-order valence-electron chi connectivity index (χ2n) is 6.18. The number of halogens is 3. The van der Waals surface area contributed by atoms with Gasteiger partial charge < -0.3 is 10.7 Å². The van der Waals surface area contributed by atoms with Crippen molar-refractivity contribution in [2.45, 2.75) is 23.4 Å². The third-order valence-electron chi connectivity index (χ3n) is 4.28. The van der Waals surface area contributed by atoms with Gasteiger partial charge in [-0.2, -0.15) is 0 Å². The number of fused-ring (bicyclic) bond motifs is 1. The van der Waals surface area contributed by atoms with Crippen LogP contribution in [0, 0.1) is 12.7 Å². The Morgan fingerprint density at radius 3 is 2.75 bits per heavy atom. The number of nitrogens with zero attached hydrogens (tertiary/aromatic N) is 3. The molecule has 144 valence electrons. The van der Waals surface area contributed by atoms with Crippen LogP contribution in [0.2, 0.25) is 5.02 Å². The average Bonchev–Trinajstić information content (AvgIpc) is 3.04. The molecule has 2 aromatic carbocycles. The number of carbonyl (C=O) groups excluding carboxylic acids is 1. The van der Waals surface area contributed by atoms with E-state index in [2.05, 4.69) is 36.9 Å². The largest absolute Gasteiger partial charge is 0.324 e. The van der Waals surface area contributed by atoms with Gasteiger partial charge in [-0.3, -0.25) is 4.79 Å². The highest BCUT2D eigenvalue weighted by molar-refractivity contribution is 9.10. The van der Waals surface area contributed by atoms with Crippen LogP contribution >= 0.6 is 39.3 Å². The van der Waals surface area contributed by atoms with Gasteiger partial charge in [0.2, 0.25) is 11.1 Å². The Bertz CT molecular complexity index is 1040. The summed E-state index contributed by atoms with van der Waals surface area (Å²) in [4.78, 5) is 13.1. The lowest BCUT2D eigenvalue weighted by atomic mass is 10.0. The second kappa shape index (κ2) is 7.73. The van der Waals surface area contributed by atoms with Crippen LogP contribution in [0.5, 0.6) is 0 Å². The van der Waals surface area contributed by atoms with E-state index in [-0.39, 0.29) is 11.7 Å². The standard InChI is InChI=1S/C18H14BrClFN5OS/c1-9-23-24-18-26(9)25-15(10-2-5-12(21)6-3-10)16(28-18)17(27)22-14-7-4-11(19)8-13(14)20/h2-8,15-16,25H,1H3,(H,22,27)/t15-,16-/m0/s1. The number of anilines is 1. The molecule has 28 heavy (non-hydrogen) atoms. The van der Waals surface area contributed by atoms with Gasteiger partial charge in [0.15, 0.2) is 0 Å².